The molecule has 1 aromatic carbocycles. The quantitative estimate of drug-likeness (QED) is 0.747. The van der Waals surface area contributed by atoms with Gasteiger partial charge in [-0.3, -0.25) is 9.59 Å². The van der Waals surface area contributed by atoms with Gasteiger partial charge in [0, 0.05) is 11.1 Å². The Labute approximate surface area is 165 Å². The molecule has 0 N–H and O–H groups in total. The summed E-state index contributed by atoms with van der Waals surface area (Å²) in [7, 11) is 0. The summed E-state index contributed by atoms with van der Waals surface area (Å²) in [5.74, 6) is -1.16. The molecule has 0 bridgehead atoms. The Morgan fingerprint density at radius 2 is 1.89 bits per heavy atom. The standard InChI is InChI=1S/C20H19ClF3NO3/c1-12(2)25-18(27)14(11-28-19(25)7-5-16(26)6-8-19)9-13-10-15(20(22,23)24)3-4-17(13)21/h3-8,10,12,14H,9,11H2,1-2H3. The van der Waals surface area contributed by atoms with Crippen LogP contribution in [0.15, 0.2) is 42.5 Å². The van der Waals surface area contributed by atoms with Crippen LogP contribution >= 0.6 is 11.6 Å². The van der Waals surface area contributed by atoms with E-state index >= 15 is 0 Å². The number of benzene rings is 1. The molecule has 1 aliphatic heterocycles. The third kappa shape index (κ3) is 3.86. The average molecular weight is 414 g/mol. The van der Waals surface area contributed by atoms with Crippen molar-refractivity contribution in [1.82, 2.24) is 4.90 Å². The van der Waals surface area contributed by atoms with E-state index in [9.17, 15) is 22.8 Å². The lowest BCUT2D eigenvalue weighted by Gasteiger charge is -2.48. The second-order valence-electron chi connectivity index (χ2n) is 7.14. The first-order valence-corrected chi connectivity index (χ1v) is 9.16. The second kappa shape index (κ2) is 7.37. The number of alkyl halides is 3. The molecule has 8 heteroatoms. The number of hydrogen-bond acceptors (Lipinski definition) is 3. The Morgan fingerprint density at radius 1 is 1.25 bits per heavy atom. The molecule has 0 saturated carbocycles. The topological polar surface area (TPSA) is 46.6 Å². The van der Waals surface area contributed by atoms with Gasteiger partial charge in [-0.25, -0.2) is 0 Å². The van der Waals surface area contributed by atoms with E-state index in [2.05, 4.69) is 0 Å². The van der Waals surface area contributed by atoms with Gasteiger partial charge in [-0.1, -0.05) is 11.6 Å². The zero-order chi connectivity index (χ0) is 20.7. The summed E-state index contributed by atoms with van der Waals surface area (Å²) in [5, 5.41) is 0.167. The minimum Gasteiger partial charge on any atom is -0.347 e. The van der Waals surface area contributed by atoms with Crippen LogP contribution in [0.4, 0.5) is 13.2 Å². The SMILES string of the molecule is CC(C)N1C(=O)C(Cc2cc(C(F)(F)F)ccc2Cl)COC12C=CC(=O)C=C2. The zero-order valence-corrected chi connectivity index (χ0v) is 16.1. The van der Waals surface area contributed by atoms with Crippen LogP contribution < -0.4 is 0 Å². The molecule has 1 spiro atoms. The van der Waals surface area contributed by atoms with Crippen LogP contribution in [0.25, 0.3) is 0 Å². The number of carbonyl (C=O) groups is 2. The van der Waals surface area contributed by atoms with E-state index in [1.54, 1.807) is 13.8 Å². The van der Waals surface area contributed by atoms with Crippen molar-refractivity contribution in [2.24, 2.45) is 5.92 Å². The lowest BCUT2D eigenvalue weighted by Crippen LogP contribution is -2.61. The largest absolute Gasteiger partial charge is 0.416 e. The summed E-state index contributed by atoms with van der Waals surface area (Å²) in [6.07, 6.45) is 1.26. The number of ether oxygens (including phenoxy) is 1. The predicted molar refractivity (Wildman–Crippen MR) is 97.6 cm³/mol. The van der Waals surface area contributed by atoms with E-state index < -0.39 is 23.4 Å². The van der Waals surface area contributed by atoms with Crippen LogP contribution in [0.2, 0.25) is 5.02 Å². The normalized spacial score (nSPS) is 21.8. The lowest BCUT2D eigenvalue weighted by atomic mass is 9.91. The Balaban J connectivity index is 1.88. The van der Waals surface area contributed by atoms with Crippen molar-refractivity contribution in [2.45, 2.75) is 38.2 Å². The van der Waals surface area contributed by atoms with E-state index in [0.717, 1.165) is 12.1 Å². The molecule has 1 fully saturated rings. The highest BCUT2D eigenvalue weighted by molar-refractivity contribution is 6.31. The molecule has 1 unspecified atom stereocenters. The third-order valence-electron chi connectivity index (χ3n) is 4.81. The lowest BCUT2D eigenvalue weighted by molar-refractivity contribution is -0.185. The fourth-order valence-electron chi connectivity index (χ4n) is 3.49. The number of amides is 1. The van der Waals surface area contributed by atoms with Gasteiger partial charge < -0.3 is 9.64 Å². The van der Waals surface area contributed by atoms with E-state index in [0.29, 0.717) is 0 Å². The van der Waals surface area contributed by atoms with Gasteiger partial charge in [-0.2, -0.15) is 13.2 Å². The van der Waals surface area contributed by atoms with Gasteiger partial charge >= 0.3 is 6.18 Å². The molecule has 150 valence electrons. The van der Waals surface area contributed by atoms with Gasteiger partial charge in [-0.05, 0) is 68.3 Å². The molecule has 2 aliphatic rings. The summed E-state index contributed by atoms with van der Waals surface area (Å²) in [6, 6.07) is 2.82. The number of rotatable bonds is 3. The molecule has 4 nitrogen and oxygen atoms in total. The van der Waals surface area contributed by atoms with Gasteiger partial charge in [0.05, 0.1) is 18.1 Å². The van der Waals surface area contributed by atoms with Crippen LogP contribution in [0.5, 0.6) is 0 Å². The fourth-order valence-corrected chi connectivity index (χ4v) is 3.69. The molecular formula is C20H19ClF3NO3. The molecule has 1 amide bonds. The number of nitrogens with zero attached hydrogens (tertiary/aromatic N) is 1. The number of ketones is 1. The first-order valence-electron chi connectivity index (χ1n) is 8.79. The van der Waals surface area contributed by atoms with E-state index in [1.165, 1.54) is 35.3 Å². The summed E-state index contributed by atoms with van der Waals surface area (Å²) in [5.41, 5.74) is -1.74. The number of allylic oxidation sites excluding steroid dienone is 2. The van der Waals surface area contributed by atoms with Gasteiger partial charge in [0.25, 0.3) is 0 Å². The summed E-state index contributed by atoms with van der Waals surface area (Å²) < 4.78 is 45.0. The van der Waals surface area contributed by atoms with Crippen molar-refractivity contribution in [3.05, 3.63) is 58.7 Å². The summed E-state index contributed by atoms with van der Waals surface area (Å²) in [6.45, 7) is 3.61. The minimum atomic E-state index is -4.50. The van der Waals surface area contributed by atoms with E-state index in [1.807, 2.05) is 0 Å². The molecule has 1 saturated heterocycles. The Kier molecular flexibility index (Phi) is 5.42. The third-order valence-corrected chi connectivity index (χ3v) is 5.18. The fraction of sp³-hybridized carbons (Fsp3) is 0.400. The first kappa shape index (κ1) is 20.6. The summed E-state index contributed by atoms with van der Waals surface area (Å²) >= 11 is 6.08. The highest BCUT2D eigenvalue weighted by Gasteiger charge is 2.46. The molecular weight excluding hydrogens is 395 g/mol. The maximum atomic E-state index is 13.1. The highest BCUT2D eigenvalue weighted by Crippen LogP contribution is 2.36. The van der Waals surface area contributed by atoms with Gasteiger partial charge in [0.1, 0.15) is 0 Å². The van der Waals surface area contributed by atoms with Crippen LogP contribution in [-0.2, 0) is 26.9 Å². The number of halogens is 4. The van der Waals surface area contributed by atoms with Crippen LogP contribution in [-0.4, -0.2) is 35.0 Å². The monoisotopic (exact) mass is 413 g/mol. The second-order valence-corrected chi connectivity index (χ2v) is 7.55. The van der Waals surface area contributed by atoms with E-state index in [-0.39, 0.29) is 41.3 Å². The Bertz CT molecular complexity index is 845. The van der Waals surface area contributed by atoms with Crippen molar-refractivity contribution in [2.75, 3.05) is 6.61 Å². The smallest absolute Gasteiger partial charge is 0.347 e. The van der Waals surface area contributed by atoms with Gasteiger partial charge in [0.15, 0.2) is 11.5 Å². The average Bonchev–Trinajstić information content (AvgIpc) is 2.60. The molecule has 28 heavy (non-hydrogen) atoms. The van der Waals surface area contributed by atoms with E-state index in [4.69, 9.17) is 16.3 Å². The van der Waals surface area contributed by atoms with Crippen molar-refractivity contribution < 1.29 is 27.5 Å². The Morgan fingerprint density at radius 3 is 2.46 bits per heavy atom. The van der Waals surface area contributed by atoms with Crippen molar-refractivity contribution in [3.63, 3.8) is 0 Å². The highest BCUT2D eigenvalue weighted by atomic mass is 35.5. The van der Waals surface area contributed by atoms with Crippen LogP contribution in [0.3, 0.4) is 0 Å². The number of carbonyl (C=O) groups excluding carboxylic acids is 2. The van der Waals surface area contributed by atoms with Gasteiger partial charge in [-0.15, -0.1) is 0 Å². The molecule has 0 aromatic heterocycles. The van der Waals surface area contributed by atoms with Crippen LogP contribution in [0.1, 0.15) is 25.0 Å². The minimum absolute atomic E-state index is 0.00248. The maximum absolute atomic E-state index is 13.1. The van der Waals surface area contributed by atoms with Crippen LogP contribution in [0, 0.1) is 5.92 Å². The molecule has 0 radical (unpaired) electrons. The maximum Gasteiger partial charge on any atom is 0.416 e. The molecule has 3 rings (SSSR count). The molecule has 1 atom stereocenters. The van der Waals surface area contributed by atoms with Crippen molar-refractivity contribution >= 4 is 23.3 Å². The van der Waals surface area contributed by atoms with Crippen molar-refractivity contribution in [1.29, 1.82) is 0 Å². The number of hydrogen-bond donors (Lipinski definition) is 0. The zero-order valence-electron chi connectivity index (χ0n) is 15.3. The predicted octanol–water partition coefficient (Wildman–Crippen LogP) is 4.18. The summed E-state index contributed by atoms with van der Waals surface area (Å²) in [4.78, 5) is 26.1. The Hall–Kier alpha value is -2.12. The first-order chi connectivity index (χ1) is 13.0. The molecule has 1 aliphatic carbocycles. The van der Waals surface area contributed by atoms with Crippen molar-refractivity contribution in [3.8, 4) is 0 Å². The molecule has 1 heterocycles. The van der Waals surface area contributed by atoms with Gasteiger partial charge in [0.2, 0.25) is 5.91 Å². The molecule has 1 aromatic rings.